The van der Waals surface area contributed by atoms with Gasteiger partial charge in [-0.15, -0.1) is 0 Å². The number of fused-ring (bicyclic) bond motifs is 7. The van der Waals surface area contributed by atoms with Crippen molar-refractivity contribution in [2.24, 2.45) is 5.73 Å². The molecule has 7 heterocycles. The smallest absolute Gasteiger partial charge is 0.269 e. The van der Waals surface area contributed by atoms with Gasteiger partial charge in [0.05, 0.1) is 79.6 Å². The van der Waals surface area contributed by atoms with Gasteiger partial charge in [0.15, 0.2) is 11.3 Å². The van der Waals surface area contributed by atoms with Crippen LogP contribution in [0, 0.1) is 6.92 Å². The molecule has 1 aliphatic rings. The lowest BCUT2D eigenvalue weighted by Crippen LogP contribution is -2.29. The second-order valence-corrected chi connectivity index (χ2v) is 22.7. The van der Waals surface area contributed by atoms with Gasteiger partial charge in [-0.3, -0.25) is 23.3 Å². The number of benzene rings is 6. The van der Waals surface area contributed by atoms with E-state index in [9.17, 15) is 28.2 Å². The Balaban J connectivity index is 0.000000181. The van der Waals surface area contributed by atoms with E-state index in [4.69, 9.17) is 15.7 Å². The van der Waals surface area contributed by atoms with Gasteiger partial charge in [-0.05, 0) is 93.3 Å². The van der Waals surface area contributed by atoms with Crippen molar-refractivity contribution in [2.45, 2.75) is 63.8 Å². The van der Waals surface area contributed by atoms with Crippen LogP contribution in [0.5, 0.6) is 0 Å². The van der Waals surface area contributed by atoms with Crippen LogP contribution in [-0.2, 0) is 34.3 Å². The molecular formula is C63H54N10O6S. The Morgan fingerprint density at radius 3 is 1.59 bits per heavy atom. The first-order chi connectivity index (χ1) is 38.4. The molecule has 0 aliphatic carbocycles. The Labute approximate surface area is 460 Å². The molecular weight excluding hydrogens is 1020 g/mol. The van der Waals surface area contributed by atoms with Crippen LogP contribution >= 0.6 is 0 Å². The first-order valence-electron chi connectivity index (χ1n) is 25.9. The summed E-state index contributed by atoms with van der Waals surface area (Å²) in [6, 6.07) is 47.9. The molecule has 12 aromatic rings. The minimum absolute atomic E-state index is 0.00406. The van der Waals surface area contributed by atoms with Gasteiger partial charge in [-0.25, -0.2) is 32.3 Å². The summed E-state index contributed by atoms with van der Waals surface area (Å²) in [4.78, 5) is 50.7. The van der Waals surface area contributed by atoms with Crippen molar-refractivity contribution >= 4 is 55.2 Å². The molecule has 0 radical (unpaired) electrons. The van der Waals surface area contributed by atoms with Crippen molar-refractivity contribution in [1.82, 2.24) is 42.6 Å². The molecule has 16 nitrogen and oxygen atoms in total. The zero-order valence-corrected chi connectivity index (χ0v) is 45.1. The van der Waals surface area contributed by atoms with Gasteiger partial charge in [0.2, 0.25) is 0 Å². The number of hydrogen-bond acceptors (Lipinski definition) is 11. The van der Waals surface area contributed by atoms with Gasteiger partial charge < -0.3 is 20.9 Å². The number of rotatable bonds is 11. The normalized spacial score (nSPS) is 13.0. The van der Waals surface area contributed by atoms with E-state index >= 15 is 0 Å². The number of imide groups is 1. The second kappa shape index (κ2) is 19.5. The summed E-state index contributed by atoms with van der Waals surface area (Å²) in [6.07, 6.45) is 6.82. The third-order valence-electron chi connectivity index (χ3n) is 14.7. The molecule has 1 aliphatic heterocycles. The number of nitrogens with two attached hydrogens (primary N) is 1. The monoisotopic (exact) mass is 1080 g/mol. The predicted octanol–water partition coefficient (Wildman–Crippen LogP) is 10.8. The SMILES string of the molecule is CC(C)(O)c1ccc(-c2nc(-c3ccccc3CN)n3c2cnc2[nH]ccc23)cc1.Cc1ccc(S(=O)(=O)n2ccc3c2ncc2c(-c4ccc(C(C)(C)O)cc4)nc(-c4ccccc4CN4C(=O)c5ccccc5C4=O)n23)cc1. The Bertz CT molecular complexity index is 4490. The summed E-state index contributed by atoms with van der Waals surface area (Å²) in [5.41, 5.74) is 17.9. The number of hydrogen-bond donors (Lipinski definition) is 4. The standard InChI is InChI=1S/C39H31N5O5S.C24H23N5O/c1-24-12-18-28(19-13-24)50(48,49)43-21-20-32-36(43)40-22-33-34(25-14-16-27(17-15-25)39(2,3)47)41-35(44(32)33)29-9-5-4-8-26(29)23-42-37(45)30-10-6-7-11-31(30)38(42)46;1-24(2,30)17-9-7-15(8-10-17)21-20-14-27-22-19(11-12-26-22)29(20)23(28-21)18-6-4-3-5-16(18)13-25/h4-22,47H,23H2,1-3H3;3-12,14,26,30H,13,25H2,1-2H3. The molecule has 6 aromatic carbocycles. The molecule has 6 aromatic heterocycles. The van der Waals surface area contributed by atoms with Crippen molar-refractivity contribution < 1.29 is 28.2 Å². The fraction of sp³-hybridized carbons (Fsp3) is 0.143. The number of H-pyrrole nitrogens is 1. The molecule has 0 atom stereocenters. The number of aromatic amines is 1. The number of aromatic nitrogens is 8. The molecule has 0 unspecified atom stereocenters. The molecule has 398 valence electrons. The van der Waals surface area contributed by atoms with Crippen LogP contribution < -0.4 is 5.73 Å². The number of nitrogens with one attached hydrogen (secondary N) is 1. The Kier molecular flexibility index (Phi) is 12.5. The predicted molar refractivity (Wildman–Crippen MR) is 308 cm³/mol. The van der Waals surface area contributed by atoms with E-state index in [0.29, 0.717) is 51.4 Å². The third kappa shape index (κ3) is 8.82. The van der Waals surface area contributed by atoms with Gasteiger partial charge in [0, 0.05) is 41.2 Å². The van der Waals surface area contributed by atoms with Gasteiger partial charge >= 0.3 is 0 Å². The van der Waals surface area contributed by atoms with Crippen LogP contribution in [0.2, 0.25) is 0 Å². The Hall–Kier alpha value is -9.39. The maximum absolute atomic E-state index is 13.9. The lowest BCUT2D eigenvalue weighted by Gasteiger charge is -2.17. The zero-order chi connectivity index (χ0) is 55.8. The average molecular weight is 1080 g/mol. The highest BCUT2D eigenvalue weighted by Crippen LogP contribution is 2.38. The highest BCUT2D eigenvalue weighted by atomic mass is 32.2. The molecule has 13 rings (SSSR count). The largest absolute Gasteiger partial charge is 0.386 e. The molecule has 0 fully saturated rings. The lowest BCUT2D eigenvalue weighted by molar-refractivity contribution is 0.0641. The van der Waals surface area contributed by atoms with Crippen molar-refractivity contribution in [3.8, 4) is 45.3 Å². The van der Waals surface area contributed by atoms with Gasteiger partial charge in [0.25, 0.3) is 21.8 Å². The Morgan fingerprint density at radius 1 is 0.562 bits per heavy atom. The van der Waals surface area contributed by atoms with Gasteiger partial charge in [-0.2, -0.15) is 0 Å². The number of aryl methyl sites for hydroxylation is 1. The van der Waals surface area contributed by atoms with Crippen molar-refractivity contribution in [3.63, 3.8) is 0 Å². The number of carbonyl (C=O) groups is 2. The Morgan fingerprint density at radius 2 is 1.05 bits per heavy atom. The van der Waals surface area contributed by atoms with E-state index in [1.807, 2.05) is 121 Å². The van der Waals surface area contributed by atoms with Crippen LogP contribution in [0.25, 0.3) is 78.7 Å². The number of carbonyl (C=O) groups excluding carboxylic acids is 2. The topological polar surface area (TPSA) is 219 Å². The molecule has 80 heavy (non-hydrogen) atoms. The van der Waals surface area contributed by atoms with Crippen LogP contribution in [0.15, 0.2) is 187 Å². The quantitative estimate of drug-likeness (QED) is 0.0893. The fourth-order valence-electron chi connectivity index (χ4n) is 10.4. The summed E-state index contributed by atoms with van der Waals surface area (Å²) in [5, 5.41) is 20.8. The van der Waals surface area contributed by atoms with E-state index in [1.165, 1.54) is 15.1 Å². The lowest BCUT2D eigenvalue weighted by atomic mass is 9.97. The maximum Gasteiger partial charge on any atom is 0.269 e. The van der Waals surface area contributed by atoms with Crippen molar-refractivity contribution in [2.75, 3.05) is 0 Å². The summed E-state index contributed by atoms with van der Waals surface area (Å²) in [7, 11) is -4.00. The van der Waals surface area contributed by atoms with Crippen LogP contribution in [0.3, 0.4) is 0 Å². The highest BCUT2D eigenvalue weighted by Gasteiger charge is 2.36. The van der Waals surface area contributed by atoms with E-state index in [0.717, 1.165) is 67.1 Å². The average Bonchev–Trinajstić information content (AvgIpc) is 4.04. The highest BCUT2D eigenvalue weighted by molar-refractivity contribution is 7.90. The molecule has 0 bridgehead atoms. The molecule has 0 saturated heterocycles. The van der Waals surface area contributed by atoms with Gasteiger partial charge in [-0.1, -0.05) is 127 Å². The van der Waals surface area contributed by atoms with Crippen LogP contribution in [-0.4, -0.2) is 73.0 Å². The van der Waals surface area contributed by atoms with Crippen molar-refractivity contribution in [1.29, 1.82) is 0 Å². The molecule has 0 saturated carbocycles. The summed E-state index contributed by atoms with van der Waals surface area (Å²) >= 11 is 0. The van der Waals surface area contributed by atoms with E-state index < -0.39 is 21.2 Å². The molecule has 17 heteroatoms. The summed E-state index contributed by atoms with van der Waals surface area (Å²) < 4.78 is 32.9. The van der Waals surface area contributed by atoms with E-state index in [1.54, 1.807) is 88.5 Å². The number of amides is 2. The fourth-order valence-corrected chi connectivity index (χ4v) is 11.7. The first kappa shape index (κ1) is 51.4. The summed E-state index contributed by atoms with van der Waals surface area (Å²) in [5.74, 6) is 0.572. The van der Waals surface area contributed by atoms with Gasteiger partial charge in [0.1, 0.15) is 11.6 Å². The minimum Gasteiger partial charge on any atom is -0.386 e. The van der Waals surface area contributed by atoms with Crippen LogP contribution in [0.4, 0.5) is 0 Å². The maximum atomic E-state index is 13.9. The molecule has 0 spiro atoms. The zero-order valence-electron chi connectivity index (χ0n) is 44.3. The molecule has 5 N–H and O–H groups in total. The summed E-state index contributed by atoms with van der Waals surface area (Å²) in [6.45, 7) is 9.32. The van der Waals surface area contributed by atoms with Crippen LogP contribution in [0.1, 0.15) is 76.2 Å². The third-order valence-corrected chi connectivity index (χ3v) is 16.4. The second-order valence-electron chi connectivity index (χ2n) is 20.9. The number of imidazole rings is 2. The first-order valence-corrected chi connectivity index (χ1v) is 27.4. The number of nitrogens with zero attached hydrogens (tertiary/aromatic N) is 8. The molecule has 2 amide bonds. The van der Waals surface area contributed by atoms with E-state index in [-0.39, 0.29) is 28.9 Å². The minimum atomic E-state index is -4.00. The van der Waals surface area contributed by atoms with E-state index in [2.05, 4.69) is 25.4 Å². The van der Waals surface area contributed by atoms with Crippen molar-refractivity contribution in [3.05, 3.63) is 221 Å². The number of aliphatic hydroxyl groups is 2.